The summed E-state index contributed by atoms with van der Waals surface area (Å²) < 4.78 is 5.55. The molecule has 1 N–H and O–H groups in total. The molecule has 26 heavy (non-hydrogen) atoms. The maximum atomic E-state index is 12.0. The predicted octanol–water partition coefficient (Wildman–Crippen LogP) is 3.81. The number of ketones is 1. The summed E-state index contributed by atoms with van der Waals surface area (Å²) in [5.41, 5.74) is 0.959. The van der Waals surface area contributed by atoms with E-state index in [1.807, 2.05) is 6.07 Å². The molecule has 0 aliphatic heterocycles. The van der Waals surface area contributed by atoms with Crippen LogP contribution in [0.4, 0.5) is 5.69 Å². The van der Waals surface area contributed by atoms with Crippen molar-refractivity contribution < 1.29 is 19.1 Å². The van der Waals surface area contributed by atoms with Crippen LogP contribution < -0.4 is 5.32 Å². The molecule has 1 amide bonds. The Labute approximate surface area is 159 Å². The standard InChI is InChI=1S/C18H15ClN2O4S/c1-11(18(24)21-13-4-2-12(10-20)3-5-13)25-17(23)9-6-14(22)15-7-8-16(19)26-15/h2-5,7-8,11H,6,9H2,1H3,(H,21,24)/t11-/m1/s1. The number of carbonyl (C=O) groups is 3. The topological polar surface area (TPSA) is 96.3 Å². The van der Waals surface area contributed by atoms with E-state index in [0.717, 1.165) is 11.3 Å². The van der Waals surface area contributed by atoms with Gasteiger partial charge in [-0.1, -0.05) is 11.6 Å². The quantitative estimate of drug-likeness (QED) is 0.572. The fourth-order valence-corrected chi connectivity index (χ4v) is 3.00. The summed E-state index contributed by atoms with van der Waals surface area (Å²) in [5, 5.41) is 11.3. The minimum atomic E-state index is -1.01. The first-order valence-electron chi connectivity index (χ1n) is 7.68. The summed E-state index contributed by atoms with van der Waals surface area (Å²) in [6.45, 7) is 1.44. The van der Waals surface area contributed by atoms with Gasteiger partial charge in [0.1, 0.15) is 0 Å². The molecule has 1 heterocycles. The summed E-state index contributed by atoms with van der Waals surface area (Å²) in [7, 11) is 0. The van der Waals surface area contributed by atoms with Crippen molar-refractivity contribution in [1.82, 2.24) is 0 Å². The lowest BCUT2D eigenvalue weighted by Crippen LogP contribution is -2.30. The normalized spacial score (nSPS) is 11.3. The van der Waals surface area contributed by atoms with Gasteiger partial charge >= 0.3 is 5.97 Å². The van der Waals surface area contributed by atoms with Crippen LogP contribution in [0.5, 0.6) is 0 Å². The van der Waals surface area contributed by atoms with E-state index in [9.17, 15) is 14.4 Å². The number of thiophene rings is 1. The van der Waals surface area contributed by atoms with Gasteiger partial charge in [-0.15, -0.1) is 11.3 Å². The molecule has 0 saturated carbocycles. The second-order valence-electron chi connectivity index (χ2n) is 5.34. The number of rotatable bonds is 7. The van der Waals surface area contributed by atoms with E-state index in [-0.39, 0.29) is 18.6 Å². The molecule has 0 spiro atoms. The van der Waals surface area contributed by atoms with E-state index in [1.165, 1.54) is 6.92 Å². The molecule has 2 rings (SSSR count). The third kappa shape index (κ3) is 5.69. The Morgan fingerprint density at radius 2 is 1.88 bits per heavy atom. The number of nitrogens with one attached hydrogen (secondary N) is 1. The van der Waals surface area contributed by atoms with Crippen molar-refractivity contribution in [2.75, 3.05) is 5.32 Å². The zero-order chi connectivity index (χ0) is 19.1. The van der Waals surface area contributed by atoms with Crippen molar-refractivity contribution >= 4 is 46.3 Å². The smallest absolute Gasteiger partial charge is 0.307 e. The molecule has 1 atom stereocenters. The van der Waals surface area contributed by atoms with E-state index in [2.05, 4.69) is 5.32 Å². The summed E-state index contributed by atoms with van der Waals surface area (Å²) in [4.78, 5) is 36.3. The Morgan fingerprint density at radius 3 is 2.46 bits per heavy atom. The van der Waals surface area contributed by atoms with Gasteiger partial charge in [-0.05, 0) is 43.3 Å². The molecule has 0 saturated heterocycles. The Morgan fingerprint density at radius 1 is 1.19 bits per heavy atom. The number of carbonyl (C=O) groups excluding carboxylic acids is 3. The molecule has 134 valence electrons. The minimum absolute atomic E-state index is 0.0142. The van der Waals surface area contributed by atoms with Crippen LogP contribution in [0.1, 0.15) is 35.0 Å². The second-order valence-corrected chi connectivity index (χ2v) is 7.05. The maximum Gasteiger partial charge on any atom is 0.307 e. The van der Waals surface area contributed by atoms with Gasteiger partial charge in [0.25, 0.3) is 5.91 Å². The van der Waals surface area contributed by atoms with Crippen molar-refractivity contribution in [3.8, 4) is 6.07 Å². The Hall–Kier alpha value is -2.69. The second kappa shape index (κ2) is 9.13. The lowest BCUT2D eigenvalue weighted by atomic mass is 10.2. The molecule has 1 aromatic carbocycles. The van der Waals surface area contributed by atoms with Gasteiger partial charge in [-0.3, -0.25) is 14.4 Å². The van der Waals surface area contributed by atoms with Crippen LogP contribution in [0.3, 0.4) is 0 Å². The van der Waals surface area contributed by atoms with E-state index in [0.29, 0.717) is 20.5 Å². The van der Waals surface area contributed by atoms with Crippen molar-refractivity contribution in [1.29, 1.82) is 5.26 Å². The Balaban J connectivity index is 1.79. The zero-order valence-electron chi connectivity index (χ0n) is 13.8. The number of anilines is 1. The molecule has 0 aliphatic carbocycles. The molecule has 8 heteroatoms. The van der Waals surface area contributed by atoms with Crippen LogP contribution in [0.2, 0.25) is 4.34 Å². The molecule has 6 nitrogen and oxygen atoms in total. The van der Waals surface area contributed by atoms with Crippen molar-refractivity contribution in [2.24, 2.45) is 0 Å². The van der Waals surface area contributed by atoms with Gasteiger partial charge in [0, 0.05) is 12.1 Å². The molecule has 0 unspecified atom stereocenters. The maximum absolute atomic E-state index is 12.0. The van der Waals surface area contributed by atoms with Crippen LogP contribution in [-0.2, 0) is 14.3 Å². The molecule has 0 fully saturated rings. The fraction of sp³-hybridized carbons (Fsp3) is 0.222. The highest BCUT2D eigenvalue weighted by molar-refractivity contribution is 7.18. The number of Topliss-reactive ketones (excluding diaryl/α,β-unsaturated/α-hetero) is 1. The van der Waals surface area contributed by atoms with Gasteiger partial charge in [0.05, 0.1) is 27.3 Å². The van der Waals surface area contributed by atoms with Crippen LogP contribution in [0.15, 0.2) is 36.4 Å². The Kier molecular flexibility index (Phi) is 6.89. The van der Waals surface area contributed by atoms with Crippen molar-refractivity contribution in [2.45, 2.75) is 25.9 Å². The summed E-state index contributed by atoms with van der Waals surface area (Å²) in [6, 6.07) is 11.5. The largest absolute Gasteiger partial charge is 0.453 e. The highest BCUT2D eigenvalue weighted by Crippen LogP contribution is 2.23. The highest BCUT2D eigenvalue weighted by Gasteiger charge is 2.19. The predicted molar refractivity (Wildman–Crippen MR) is 98.2 cm³/mol. The molecular formula is C18H15ClN2O4S. The molecule has 1 aromatic heterocycles. The lowest BCUT2D eigenvalue weighted by molar-refractivity contribution is -0.153. The van der Waals surface area contributed by atoms with Gasteiger partial charge in [0.2, 0.25) is 0 Å². The van der Waals surface area contributed by atoms with Gasteiger partial charge in [-0.2, -0.15) is 5.26 Å². The summed E-state index contributed by atoms with van der Waals surface area (Å²) >= 11 is 6.92. The number of halogens is 1. The van der Waals surface area contributed by atoms with Crippen LogP contribution in [-0.4, -0.2) is 23.8 Å². The van der Waals surface area contributed by atoms with E-state index < -0.39 is 18.0 Å². The van der Waals surface area contributed by atoms with Crippen molar-refractivity contribution in [3.63, 3.8) is 0 Å². The van der Waals surface area contributed by atoms with Gasteiger partial charge < -0.3 is 10.1 Å². The molecule has 0 aliphatic rings. The third-order valence-electron chi connectivity index (χ3n) is 3.36. The average Bonchev–Trinajstić information content (AvgIpc) is 3.06. The molecule has 2 aromatic rings. The third-order valence-corrected chi connectivity index (χ3v) is 4.64. The zero-order valence-corrected chi connectivity index (χ0v) is 15.4. The Bertz CT molecular complexity index is 855. The first-order chi connectivity index (χ1) is 12.4. The monoisotopic (exact) mass is 390 g/mol. The van der Waals surface area contributed by atoms with Crippen LogP contribution in [0, 0.1) is 11.3 Å². The number of hydrogen-bond acceptors (Lipinski definition) is 6. The summed E-state index contributed by atoms with van der Waals surface area (Å²) in [6.07, 6.45) is -1.15. The number of esters is 1. The first kappa shape index (κ1) is 19.6. The number of nitrogens with zero attached hydrogens (tertiary/aromatic N) is 1. The van der Waals surface area contributed by atoms with E-state index in [4.69, 9.17) is 21.6 Å². The number of nitriles is 1. The van der Waals surface area contributed by atoms with Crippen LogP contribution >= 0.6 is 22.9 Å². The van der Waals surface area contributed by atoms with E-state index in [1.54, 1.807) is 36.4 Å². The number of amides is 1. The molecule has 0 bridgehead atoms. The minimum Gasteiger partial charge on any atom is -0.453 e. The average molecular weight is 391 g/mol. The first-order valence-corrected chi connectivity index (χ1v) is 8.87. The SMILES string of the molecule is C[C@@H](OC(=O)CCC(=O)c1ccc(Cl)s1)C(=O)Nc1ccc(C#N)cc1. The molecular weight excluding hydrogens is 376 g/mol. The van der Waals surface area contributed by atoms with Gasteiger partial charge in [-0.25, -0.2) is 0 Å². The summed E-state index contributed by atoms with van der Waals surface area (Å²) in [5.74, 6) is -1.34. The van der Waals surface area contributed by atoms with Crippen LogP contribution in [0.25, 0.3) is 0 Å². The van der Waals surface area contributed by atoms with E-state index >= 15 is 0 Å². The fourth-order valence-electron chi connectivity index (χ4n) is 1.98. The number of benzene rings is 1. The van der Waals surface area contributed by atoms with Gasteiger partial charge in [0.15, 0.2) is 11.9 Å². The number of hydrogen-bond donors (Lipinski definition) is 1. The number of ether oxygens (including phenoxy) is 1. The molecule has 0 radical (unpaired) electrons. The highest BCUT2D eigenvalue weighted by atomic mass is 35.5. The van der Waals surface area contributed by atoms with Crippen molar-refractivity contribution in [3.05, 3.63) is 51.2 Å². The lowest BCUT2D eigenvalue weighted by Gasteiger charge is -2.13.